The van der Waals surface area contributed by atoms with Gasteiger partial charge < -0.3 is 5.32 Å². The number of nitrogens with one attached hydrogen (secondary N) is 1. The number of halogens is 1. The number of aryl methyl sites for hydroxylation is 1. The van der Waals surface area contributed by atoms with E-state index >= 15 is 0 Å². The first-order chi connectivity index (χ1) is 7.06. The van der Waals surface area contributed by atoms with Crippen molar-refractivity contribution >= 4 is 17.4 Å². The van der Waals surface area contributed by atoms with Gasteiger partial charge in [-0.1, -0.05) is 18.2 Å². The maximum Gasteiger partial charge on any atom is 0.167 e. The SMILES string of the molecule is C=C(Cl)CNc1nnc(C)c(C)c1C#N. The Hall–Kier alpha value is -1.60. The maximum atomic E-state index is 8.98. The van der Waals surface area contributed by atoms with E-state index in [-0.39, 0.29) is 0 Å². The predicted molar refractivity (Wildman–Crippen MR) is 59.7 cm³/mol. The first kappa shape index (κ1) is 11.5. The molecule has 1 rings (SSSR count). The molecule has 0 unspecified atom stereocenters. The summed E-state index contributed by atoms with van der Waals surface area (Å²) in [5, 5.41) is 20.2. The van der Waals surface area contributed by atoms with Gasteiger partial charge in [-0.25, -0.2) is 0 Å². The largest absolute Gasteiger partial charge is 0.363 e. The van der Waals surface area contributed by atoms with Gasteiger partial charge in [-0.05, 0) is 19.4 Å². The molecule has 0 aromatic carbocycles. The molecule has 1 aromatic heterocycles. The van der Waals surface area contributed by atoms with Crippen LogP contribution in [-0.4, -0.2) is 16.7 Å². The predicted octanol–water partition coefficient (Wildman–Crippen LogP) is 2.13. The Morgan fingerprint density at radius 1 is 1.53 bits per heavy atom. The smallest absolute Gasteiger partial charge is 0.167 e. The highest BCUT2D eigenvalue weighted by Crippen LogP contribution is 2.17. The van der Waals surface area contributed by atoms with Gasteiger partial charge in [0, 0.05) is 5.03 Å². The maximum absolute atomic E-state index is 8.98. The van der Waals surface area contributed by atoms with Crippen molar-refractivity contribution < 1.29 is 0 Å². The Kier molecular flexibility index (Phi) is 3.64. The normalized spacial score (nSPS) is 9.47. The number of aromatic nitrogens is 2. The summed E-state index contributed by atoms with van der Waals surface area (Å²) in [7, 11) is 0. The fraction of sp³-hybridized carbons (Fsp3) is 0.300. The minimum Gasteiger partial charge on any atom is -0.363 e. The summed E-state index contributed by atoms with van der Waals surface area (Å²) in [6.45, 7) is 7.56. The molecule has 0 atom stereocenters. The number of anilines is 1. The van der Waals surface area contributed by atoms with E-state index in [0.717, 1.165) is 11.3 Å². The monoisotopic (exact) mass is 222 g/mol. The molecule has 0 bridgehead atoms. The van der Waals surface area contributed by atoms with Crippen molar-refractivity contribution in [1.29, 1.82) is 5.26 Å². The van der Waals surface area contributed by atoms with Crippen LogP contribution in [0.25, 0.3) is 0 Å². The van der Waals surface area contributed by atoms with Crippen molar-refractivity contribution in [2.45, 2.75) is 13.8 Å². The summed E-state index contributed by atoms with van der Waals surface area (Å²) in [6.07, 6.45) is 0. The standard InChI is InChI=1S/C10H11ClN4/c1-6(11)5-13-10-9(4-12)7(2)8(3)14-15-10/h1,5H2,2-3H3,(H,13,15). The third-order valence-electron chi connectivity index (χ3n) is 2.01. The summed E-state index contributed by atoms with van der Waals surface area (Å²) in [5.74, 6) is 0.447. The summed E-state index contributed by atoms with van der Waals surface area (Å²) in [6, 6.07) is 2.09. The highest BCUT2D eigenvalue weighted by atomic mass is 35.5. The molecule has 1 N–H and O–H groups in total. The average Bonchev–Trinajstić information content (AvgIpc) is 2.19. The molecule has 0 amide bonds. The lowest BCUT2D eigenvalue weighted by Crippen LogP contribution is -2.08. The Morgan fingerprint density at radius 2 is 2.20 bits per heavy atom. The van der Waals surface area contributed by atoms with Gasteiger partial charge in [-0.15, -0.1) is 5.10 Å². The zero-order valence-electron chi connectivity index (χ0n) is 8.63. The molecule has 0 aliphatic rings. The Labute approximate surface area is 93.6 Å². The summed E-state index contributed by atoms with van der Waals surface area (Å²) in [4.78, 5) is 0. The fourth-order valence-corrected chi connectivity index (χ4v) is 1.12. The molecule has 78 valence electrons. The lowest BCUT2D eigenvalue weighted by Gasteiger charge is -2.08. The van der Waals surface area contributed by atoms with Gasteiger partial charge in [-0.2, -0.15) is 10.4 Å². The molecule has 4 nitrogen and oxygen atoms in total. The van der Waals surface area contributed by atoms with Gasteiger partial charge in [0.2, 0.25) is 0 Å². The van der Waals surface area contributed by atoms with E-state index < -0.39 is 0 Å². The molecule has 0 aliphatic carbocycles. The van der Waals surface area contributed by atoms with E-state index in [4.69, 9.17) is 16.9 Å². The van der Waals surface area contributed by atoms with Crippen molar-refractivity contribution in [3.63, 3.8) is 0 Å². The molecule has 0 spiro atoms. The van der Waals surface area contributed by atoms with Crippen molar-refractivity contribution in [2.75, 3.05) is 11.9 Å². The van der Waals surface area contributed by atoms with Crippen molar-refractivity contribution in [2.24, 2.45) is 0 Å². The molecular formula is C10H11ClN4. The second kappa shape index (κ2) is 4.76. The Bertz CT molecular complexity index is 434. The third kappa shape index (κ3) is 2.67. The van der Waals surface area contributed by atoms with Gasteiger partial charge >= 0.3 is 0 Å². The molecule has 0 aliphatic heterocycles. The van der Waals surface area contributed by atoms with E-state index in [1.165, 1.54) is 0 Å². The van der Waals surface area contributed by atoms with Gasteiger partial charge in [0.25, 0.3) is 0 Å². The van der Waals surface area contributed by atoms with Crippen molar-refractivity contribution in [3.8, 4) is 6.07 Å². The molecule has 0 radical (unpaired) electrons. The average molecular weight is 223 g/mol. The third-order valence-corrected chi connectivity index (χ3v) is 2.15. The van der Waals surface area contributed by atoms with Crippen LogP contribution in [0.2, 0.25) is 0 Å². The van der Waals surface area contributed by atoms with Crippen molar-refractivity contribution in [3.05, 3.63) is 28.4 Å². The molecule has 5 heteroatoms. The van der Waals surface area contributed by atoms with Gasteiger partial charge in [-0.3, -0.25) is 0 Å². The second-order valence-corrected chi connectivity index (χ2v) is 3.65. The molecule has 0 fully saturated rings. The van der Waals surface area contributed by atoms with Gasteiger partial charge in [0.05, 0.1) is 12.2 Å². The van der Waals surface area contributed by atoms with Crippen LogP contribution in [0, 0.1) is 25.2 Å². The van der Waals surface area contributed by atoms with Crippen LogP contribution in [0.1, 0.15) is 16.8 Å². The van der Waals surface area contributed by atoms with E-state index in [0.29, 0.717) is 23.0 Å². The summed E-state index contributed by atoms with van der Waals surface area (Å²) in [5.41, 5.74) is 2.08. The molecule has 0 saturated heterocycles. The highest BCUT2D eigenvalue weighted by molar-refractivity contribution is 6.29. The zero-order chi connectivity index (χ0) is 11.4. The second-order valence-electron chi connectivity index (χ2n) is 3.12. The van der Waals surface area contributed by atoms with Crippen LogP contribution in [-0.2, 0) is 0 Å². The van der Waals surface area contributed by atoms with E-state index in [2.05, 4.69) is 28.2 Å². The number of rotatable bonds is 3. The zero-order valence-corrected chi connectivity index (χ0v) is 9.39. The number of hydrogen-bond acceptors (Lipinski definition) is 4. The number of nitriles is 1. The lowest BCUT2D eigenvalue weighted by atomic mass is 10.1. The Morgan fingerprint density at radius 3 is 2.73 bits per heavy atom. The fourth-order valence-electron chi connectivity index (χ4n) is 1.05. The minimum absolute atomic E-state index is 0.368. The van der Waals surface area contributed by atoms with Crippen LogP contribution < -0.4 is 5.32 Å². The van der Waals surface area contributed by atoms with Gasteiger partial charge in [0.15, 0.2) is 5.82 Å². The minimum atomic E-state index is 0.368. The quantitative estimate of drug-likeness (QED) is 0.851. The topological polar surface area (TPSA) is 61.6 Å². The van der Waals surface area contributed by atoms with Crippen LogP contribution >= 0.6 is 11.6 Å². The number of nitrogens with zero attached hydrogens (tertiary/aromatic N) is 3. The lowest BCUT2D eigenvalue weighted by molar-refractivity contribution is 0.951. The first-order valence-corrected chi connectivity index (χ1v) is 4.75. The van der Waals surface area contributed by atoms with Crippen LogP contribution in [0.4, 0.5) is 5.82 Å². The number of hydrogen-bond donors (Lipinski definition) is 1. The molecule has 1 aromatic rings. The summed E-state index contributed by atoms with van der Waals surface area (Å²) >= 11 is 5.61. The Balaban J connectivity index is 3.04. The van der Waals surface area contributed by atoms with E-state index in [9.17, 15) is 0 Å². The van der Waals surface area contributed by atoms with Gasteiger partial charge in [0.1, 0.15) is 11.6 Å². The van der Waals surface area contributed by atoms with Crippen molar-refractivity contribution in [1.82, 2.24) is 10.2 Å². The molecule has 1 heterocycles. The van der Waals surface area contributed by atoms with E-state index in [1.807, 2.05) is 13.8 Å². The van der Waals surface area contributed by atoms with Crippen LogP contribution in [0.3, 0.4) is 0 Å². The highest BCUT2D eigenvalue weighted by Gasteiger charge is 2.09. The van der Waals surface area contributed by atoms with Crippen LogP contribution in [0.5, 0.6) is 0 Å². The van der Waals surface area contributed by atoms with Crippen LogP contribution in [0.15, 0.2) is 11.6 Å². The molecular weight excluding hydrogens is 212 g/mol. The first-order valence-electron chi connectivity index (χ1n) is 4.37. The summed E-state index contributed by atoms with van der Waals surface area (Å²) < 4.78 is 0. The molecule has 15 heavy (non-hydrogen) atoms. The molecule has 0 saturated carbocycles. The van der Waals surface area contributed by atoms with E-state index in [1.54, 1.807) is 0 Å².